The van der Waals surface area contributed by atoms with Gasteiger partial charge in [-0.25, -0.2) is 4.79 Å². The van der Waals surface area contributed by atoms with E-state index in [0.717, 1.165) is 9.26 Å². The zero-order valence-corrected chi connectivity index (χ0v) is 11.3. The number of hydrogen-bond donors (Lipinski definition) is 1. The summed E-state index contributed by atoms with van der Waals surface area (Å²) < 4.78 is 2.63. The Bertz CT molecular complexity index is 537. The van der Waals surface area contributed by atoms with Gasteiger partial charge in [0.2, 0.25) is 0 Å². The molecule has 0 aromatic carbocycles. The van der Waals surface area contributed by atoms with Crippen LogP contribution in [-0.4, -0.2) is 20.6 Å². The molecule has 0 amide bonds. The van der Waals surface area contributed by atoms with Gasteiger partial charge in [0.1, 0.15) is 5.69 Å². The fourth-order valence-electron chi connectivity index (χ4n) is 1.70. The van der Waals surface area contributed by atoms with E-state index in [4.69, 9.17) is 5.11 Å². The molecule has 17 heavy (non-hydrogen) atoms. The molecule has 4 nitrogen and oxygen atoms in total. The highest BCUT2D eigenvalue weighted by Gasteiger charge is 2.17. The Morgan fingerprint density at radius 2 is 2.29 bits per heavy atom. The van der Waals surface area contributed by atoms with Gasteiger partial charge in [-0.05, 0) is 47.7 Å². The molecule has 0 radical (unpaired) electrons. The molecule has 2 aromatic heterocycles. The zero-order chi connectivity index (χ0) is 12.4. The first-order valence-corrected chi connectivity index (χ1v) is 6.19. The molecule has 0 aliphatic carbocycles. The van der Waals surface area contributed by atoms with Gasteiger partial charge < -0.3 is 9.67 Å². The van der Waals surface area contributed by atoms with E-state index >= 15 is 0 Å². The molecular weight excluding hydrogens is 331 g/mol. The summed E-state index contributed by atoms with van der Waals surface area (Å²) >= 11 is 2.11. The average molecular weight is 342 g/mol. The van der Waals surface area contributed by atoms with Crippen molar-refractivity contribution in [2.45, 2.75) is 13.0 Å². The predicted octanol–water partition coefficient (Wildman–Crippen LogP) is 2.80. The van der Waals surface area contributed by atoms with Crippen molar-refractivity contribution < 1.29 is 9.90 Å². The highest BCUT2D eigenvalue weighted by Crippen LogP contribution is 2.21. The highest BCUT2D eigenvalue weighted by molar-refractivity contribution is 14.1. The molecule has 1 atom stereocenters. The first-order chi connectivity index (χ1) is 8.09. The third kappa shape index (κ3) is 2.49. The number of aromatic nitrogens is 2. The number of carbonyl (C=O) groups is 1. The molecule has 0 spiro atoms. The largest absolute Gasteiger partial charge is 0.477 e. The lowest BCUT2D eigenvalue weighted by Gasteiger charge is -2.14. The Morgan fingerprint density at radius 1 is 1.53 bits per heavy atom. The van der Waals surface area contributed by atoms with Crippen molar-refractivity contribution in [3.8, 4) is 0 Å². The van der Waals surface area contributed by atoms with E-state index in [2.05, 4.69) is 27.6 Å². The summed E-state index contributed by atoms with van der Waals surface area (Å²) in [6.45, 7) is 1.94. The second-order valence-corrected chi connectivity index (χ2v) is 4.93. The molecule has 0 saturated heterocycles. The molecule has 5 heteroatoms. The molecule has 2 rings (SSSR count). The van der Waals surface area contributed by atoms with Crippen LogP contribution in [0.5, 0.6) is 0 Å². The lowest BCUT2D eigenvalue weighted by atomic mass is 10.2. The Kier molecular flexibility index (Phi) is 3.46. The minimum Gasteiger partial charge on any atom is -0.477 e. The van der Waals surface area contributed by atoms with E-state index < -0.39 is 5.97 Å². The summed E-state index contributed by atoms with van der Waals surface area (Å²) in [7, 11) is 0. The maximum atomic E-state index is 11.1. The number of rotatable bonds is 3. The normalized spacial score (nSPS) is 12.4. The van der Waals surface area contributed by atoms with Crippen LogP contribution in [0, 0.1) is 3.57 Å². The van der Waals surface area contributed by atoms with Crippen molar-refractivity contribution in [2.24, 2.45) is 0 Å². The van der Waals surface area contributed by atoms with Crippen molar-refractivity contribution in [3.63, 3.8) is 0 Å². The van der Waals surface area contributed by atoms with Gasteiger partial charge in [0.25, 0.3) is 0 Å². The van der Waals surface area contributed by atoms with Gasteiger partial charge in [0.05, 0.1) is 11.7 Å². The van der Waals surface area contributed by atoms with E-state index in [1.165, 1.54) is 0 Å². The van der Waals surface area contributed by atoms with E-state index in [-0.39, 0.29) is 11.7 Å². The van der Waals surface area contributed by atoms with Crippen LogP contribution in [0.15, 0.2) is 36.7 Å². The van der Waals surface area contributed by atoms with Gasteiger partial charge >= 0.3 is 5.97 Å². The summed E-state index contributed by atoms with van der Waals surface area (Å²) in [6.07, 6.45) is 3.53. The molecule has 0 aliphatic rings. The maximum absolute atomic E-state index is 11.1. The molecule has 0 aliphatic heterocycles. The van der Waals surface area contributed by atoms with Crippen LogP contribution in [0.3, 0.4) is 0 Å². The quantitative estimate of drug-likeness (QED) is 0.873. The molecule has 1 unspecified atom stereocenters. The SMILES string of the molecule is CC(c1ccccn1)n1cc(I)cc1C(=O)O. The minimum atomic E-state index is -0.921. The second-order valence-electron chi connectivity index (χ2n) is 3.69. The minimum absolute atomic E-state index is 0.0918. The molecule has 0 bridgehead atoms. The topological polar surface area (TPSA) is 55.1 Å². The van der Waals surface area contributed by atoms with Gasteiger partial charge in [-0.1, -0.05) is 6.07 Å². The third-order valence-corrected chi connectivity index (χ3v) is 3.16. The molecule has 88 valence electrons. The molecule has 0 saturated carbocycles. The fraction of sp³-hybridized carbons (Fsp3) is 0.167. The van der Waals surface area contributed by atoms with Crippen LogP contribution in [0.1, 0.15) is 29.1 Å². The van der Waals surface area contributed by atoms with Gasteiger partial charge in [-0.2, -0.15) is 0 Å². The van der Waals surface area contributed by atoms with E-state index in [1.54, 1.807) is 16.8 Å². The number of carboxylic acid groups (broad SMARTS) is 1. The number of halogens is 1. The second kappa shape index (κ2) is 4.87. The molecule has 2 heterocycles. The summed E-state index contributed by atoms with van der Waals surface area (Å²) in [5.74, 6) is -0.921. The Labute approximate surface area is 112 Å². The smallest absolute Gasteiger partial charge is 0.352 e. The monoisotopic (exact) mass is 342 g/mol. The van der Waals surface area contributed by atoms with Crippen LogP contribution in [0.2, 0.25) is 0 Å². The summed E-state index contributed by atoms with van der Waals surface area (Å²) in [5.41, 5.74) is 1.13. The Morgan fingerprint density at radius 3 is 2.88 bits per heavy atom. The number of pyridine rings is 1. The van der Waals surface area contributed by atoms with Crippen molar-refractivity contribution in [1.29, 1.82) is 0 Å². The van der Waals surface area contributed by atoms with E-state index in [9.17, 15) is 4.79 Å². The number of aromatic carboxylic acids is 1. The van der Waals surface area contributed by atoms with Crippen molar-refractivity contribution in [2.75, 3.05) is 0 Å². The van der Waals surface area contributed by atoms with Gasteiger partial charge in [-0.15, -0.1) is 0 Å². The van der Waals surface area contributed by atoms with Gasteiger partial charge in [-0.3, -0.25) is 4.98 Å². The third-order valence-electron chi connectivity index (χ3n) is 2.57. The van der Waals surface area contributed by atoms with Crippen LogP contribution in [-0.2, 0) is 0 Å². The van der Waals surface area contributed by atoms with Crippen LogP contribution in [0.25, 0.3) is 0 Å². The molecule has 2 aromatic rings. The molecule has 0 fully saturated rings. The standard InChI is InChI=1S/C12H11IN2O2/c1-8(10-4-2-3-5-14-10)15-7-9(13)6-11(15)12(16)17/h2-8H,1H3,(H,16,17). The predicted molar refractivity (Wildman–Crippen MR) is 72.2 cm³/mol. The van der Waals surface area contributed by atoms with Crippen molar-refractivity contribution >= 4 is 28.6 Å². The fourth-order valence-corrected chi connectivity index (χ4v) is 2.30. The highest BCUT2D eigenvalue weighted by atomic mass is 127. The number of hydrogen-bond acceptors (Lipinski definition) is 2. The van der Waals surface area contributed by atoms with Gasteiger partial charge in [0, 0.05) is 16.0 Å². The van der Waals surface area contributed by atoms with Gasteiger partial charge in [0.15, 0.2) is 0 Å². The van der Waals surface area contributed by atoms with Crippen molar-refractivity contribution in [1.82, 2.24) is 9.55 Å². The zero-order valence-electron chi connectivity index (χ0n) is 9.17. The first kappa shape index (κ1) is 12.1. The maximum Gasteiger partial charge on any atom is 0.352 e. The summed E-state index contributed by atoms with van der Waals surface area (Å²) in [5, 5.41) is 9.13. The lowest BCUT2D eigenvalue weighted by Crippen LogP contribution is -2.13. The van der Waals surface area contributed by atoms with E-state index in [0.29, 0.717) is 0 Å². The Hall–Kier alpha value is -1.37. The van der Waals surface area contributed by atoms with Crippen LogP contribution < -0.4 is 0 Å². The van der Waals surface area contributed by atoms with Crippen LogP contribution >= 0.6 is 22.6 Å². The average Bonchev–Trinajstić information content (AvgIpc) is 2.72. The number of carboxylic acids is 1. The Balaban J connectivity index is 2.44. The molecular formula is C12H11IN2O2. The molecule has 1 N–H and O–H groups in total. The first-order valence-electron chi connectivity index (χ1n) is 5.11. The van der Waals surface area contributed by atoms with E-state index in [1.807, 2.05) is 31.3 Å². The van der Waals surface area contributed by atoms with Crippen LogP contribution in [0.4, 0.5) is 0 Å². The van der Waals surface area contributed by atoms with Crippen molar-refractivity contribution in [3.05, 3.63) is 51.6 Å². The summed E-state index contributed by atoms with van der Waals surface area (Å²) in [6, 6.07) is 7.19. The number of nitrogens with zero attached hydrogens (tertiary/aromatic N) is 2. The lowest BCUT2D eigenvalue weighted by molar-refractivity contribution is 0.0684. The summed E-state index contributed by atoms with van der Waals surface area (Å²) in [4.78, 5) is 15.4.